The van der Waals surface area contributed by atoms with E-state index in [1.165, 1.54) is 6.20 Å². The SMILES string of the molecule is COc1cc2c(cc1NC(=O)c1ccc(Cl)nc1)oc1ccccc12. The topological polar surface area (TPSA) is 64.4 Å². The number of benzene rings is 2. The summed E-state index contributed by atoms with van der Waals surface area (Å²) in [6.45, 7) is 0. The molecule has 0 radical (unpaired) electrons. The molecule has 0 bridgehead atoms. The van der Waals surface area contributed by atoms with Crippen molar-refractivity contribution < 1.29 is 13.9 Å². The zero-order valence-electron chi connectivity index (χ0n) is 13.2. The number of ether oxygens (including phenoxy) is 1. The number of pyridine rings is 1. The molecule has 2 heterocycles. The molecule has 1 N–H and O–H groups in total. The maximum atomic E-state index is 12.4. The number of rotatable bonds is 3. The summed E-state index contributed by atoms with van der Waals surface area (Å²) in [7, 11) is 1.56. The van der Waals surface area contributed by atoms with Crippen LogP contribution in [0.25, 0.3) is 21.9 Å². The summed E-state index contributed by atoms with van der Waals surface area (Å²) < 4.78 is 11.3. The molecular formula is C19H13ClN2O3. The molecule has 0 unspecified atom stereocenters. The first-order valence-corrected chi connectivity index (χ1v) is 7.95. The summed E-state index contributed by atoms with van der Waals surface area (Å²) in [6.07, 6.45) is 1.42. The predicted molar refractivity (Wildman–Crippen MR) is 97.5 cm³/mol. The van der Waals surface area contributed by atoms with Gasteiger partial charge in [-0.3, -0.25) is 4.79 Å². The number of para-hydroxylation sites is 1. The Labute approximate surface area is 148 Å². The van der Waals surface area contributed by atoms with E-state index in [0.29, 0.717) is 27.7 Å². The molecule has 5 nitrogen and oxygen atoms in total. The maximum Gasteiger partial charge on any atom is 0.257 e. The zero-order chi connectivity index (χ0) is 17.4. The van der Waals surface area contributed by atoms with E-state index in [2.05, 4.69) is 10.3 Å². The van der Waals surface area contributed by atoms with Gasteiger partial charge in [0.15, 0.2) is 0 Å². The van der Waals surface area contributed by atoms with Gasteiger partial charge in [0.25, 0.3) is 5.91 Å². The molecule has 1 amide bonds. The first-order valence-electron chi connectivity index (χ1n) is 7.58. The van der Waals surface area contributed by atoms with Crippen molar-refractivity contribution in [2.75, 3.05) is 12.4 Å². The van der Waals surface area contributed by atoms with Crippen LogP contribution in [0.2, 0.25) is 5.15 Å². The number of hydrogen-bond acceptors (Lipinski definition) is 4. The highest BCUT2D eigenvalue weighted by Crippen LogP contribution is 2.36. The first-order chi connectivity index (χ1) is 12.2. The van der Waals surface area contributed by atoms with Crippen LogP contribution in [0.4, 0.5) is 5.69 Å². The highest BCUT2D eigenvalue weighted by molar-refractivity contribution is 6.29. The maximum absolute atomic E-state index is 12.4. The first kappa shape index (κ1) is 15.5. The molecule has 0 aliphatic carbocycles. The largest absolute Gasteiger partial charge is 0.495 e. The smallest absolute Gasteiger partial charge is 0.257 e. The van der Waals surface area contributed by atoms with Crippen molar-refractivity contribution in [2.45, 2.75) is 0 Å². The van der Waals surface area contributed by atoms with Gasteiger partial charge in [0.05, 0.1) is 18.4 Å². The number of hydrogen-bond donors (Lipinski definition) is 1. The minimum Gasteiger partial charge on any atom is -0.495 e. The quantitative estimate of drug-likeness (QED) is 0.533. The van der Waals surface area contributed by atoms with E-state index >= 15 is 0 Å². The van der Waals surface area contributed by atoms with Crippen molar-refractivity contribution in [1.82, 2.24) is 4.98 Å². The van der Waals surface area contributed by atoms with E-state index in [9.17, 15) is 4.79 Å². The Morgan fingerprint density at radius 3 is 2.72 bits per heavy atom. The average Bonchev–Trinajstić information content (AvgIpc) is 2.99. The fourth-order valence-electron chi connectivity index (χ4n) is 2.72. The second-order valence-electron chi connectivity index (χ2n) is 5.47. The van der Waals surface area contributed by atoms with Crippen molar-refractivity contribution in [3.05, 3.63) is 65.4 Å². The van der Waals surface area contributed by atoms with Crippen molar-refractivity contribution >= 4 is 45.1 Å². The molecule has 0 saturated heterocycles. The summed E-state index contributed by atoms with van der Waals surface area (Å²) in [5, 5.41) is 5.08. The van der Waals surface area contributed by atoms with Crippen LogP contribution in [-0.4, -0.2) is 18.0 Å². The summed E-state index contributed by atoms with van der Waals surface area (Å²) in [6, 6.07) is 14.5. The second-order valence-corrected chi connectivity index (χ2v) is 5.86. The monoisotopic (exact) mass is 352 g/mol. The number of anilines is 1. The molecule has 0 fully saturated rings. The number of fused-ring (bicyclic) bond motifs is 3. The van der Waals surface area contributed by atoms with E-state index in [0.717, 1.165) is 16.4 Å². The van der Waals surface area contributed by atoms with Gasteiger partial charge in [-0.25, -0.2) is 4.98 Å². The normalized spacial score (nSPS) is 11.0. The van der Waals surface area contributed by atoms with Crippen LogP contribution < -0.4 is 10.1 Å². The number of amides is 1. The highest BCUT2D eigenvalue weighted by Gasteiger charge is 2.15. The summed E-state index contributed by atoms with van der Waals surface area (Å²) in [5.41, 5.74) is 2.38. The Hall–Kier alpha value is -3.05. The lowest BCUT2D eigenvalue weighted by Crippen LogP contribution is -2.12. The minimum absolute atomic E-state index is 0.307. The van der Waals surface area contributed by atoms with Crippen molar-refractivity contribution in [3.63, 3.8) is 0 Å². The Morgan fingerprint density at radius 2 is 1.96 bits per heavy atom. The molecule has 0 saturated carbocycles. The molecule has 0 aliphatic heterocycles. The number of halogens is 1. The Bertz CT molecular complexity index is 1090. The Kier molecular flexibility index (Phi) is 3.78. The van der Waals surface area contributed by atoms with Crippen LogP contribution in [-0.2, 0) is 0 Å². The van der Waals surface area contributed by atoms with Crippen LogP contribution in [0.15, 0.2) is 59.1 Å². The Morgan fingerprint density at radius 1 is 1.12 bits per heavy atom. The lowest BCUT2D eigenvalue weighted by molar-refractivity contribution is 0.102. The summed E-state index contributed by atoms with van der Waals surface area (Å²) >= 11 is 5.75. The average molecular weight is 353 g/mol. The molecule has 25 heavy (non-hydrogen) atoms. The molecule has 0 atom stereocenters. The number of furan rings is 1. The molecule has 0 aliphatic rings. The Balaban J connectivity index is 1.76. The van der Waals surface area contributed by atoms with Crippen LogP contribution >= 0.6 is 11.6 Å². The van der Waals surface area contributed by atoms with Crippen molar-refractivity contribution in [1.29, 1.82) is 0 Å². The number of carbonyl (C=O) groups is 1. The fraction of sp³-hybridized carbons (Fsp3) is 0.0526. The lowest BCUT2D eigenvalue weighted by atomic mass is 10.1. The van der Waals surface area contributed by atoms with Crippen molar-refractivity contribution in [3.8, 4) is 5.75 Å². The molecule has 6 heteroatoms. The second kappa shape index (κ2) is 6.11. The molecular weight excluding hydrogens is 340 g/mol. The standard InChI is InChI=1S/C19H13ClN2O3/c1-24-17-8-13-12-4-2-3-5-15(12)25-16(13)9-14(17)22-19(23)11-6-7-18(20)21-10-11/h2-10H,1H3,(H,22,23). The number of aromatic nitrogens is 1. The van der Waals surface area contributed by atoms with Crippen LogP contribution in [0, 0.1) is 0 Å². The van der Waals surface area contributed by atoms with Gasteiger partial charge in [0.2, 0.25) is 0 Å². The van der Waals surface area contributed by atoms with Gasteiger partial charge in [-0.2, -0.15) is 0 Å². The third kappa shape index (κ3) is 2.79. The van der Waals surface area contributed by atoms with E-state index in [1.807, 2.05) is 30.3 Å². The van der Waals surface area contributed by atoms with Gasteiger partial charge in [-0.05, 0) is 24.3 Å². The fourth-order valence-corrected chi connectivity index (χ4v) is 2.83. The number of nitrogens with zero attached hydrogens (tertiary/aromatic N) is 1. The van der Waals surface area contributed by atoms with Crippen molar-refractivity contribution in [2.24, 2.45) is 0 Å². The van der Waals surface area contributed by atoms with Crippen LogP contribution in [0.3, 0.4) is 0 Å². The molecule has 4 aromatic rings. The predicted octanol–water partition coefficient (Wildman–Crippen LogP) is 4.90. The number of methoxy groups -OCH3 is 1. The van der Waals surface area contributed by atoms with E-state index in [-0.39, 0.29) is 5.91 Å². The van der Waals surface area contributed by atoms with E-state index in [1.54, 1.807) is 25.3 Å². The minimum atomic E-state index is -0.307. The van der Waals surface area contributed by atoms with Gasteiger partial charge >= 0.3 is 0 Å². The van der Waals surface area contributed by atoms with Crippen LogP contribution in [0.1, 0.15) is 10.4 Å². The van der Waals surface area contributed by atoms with Gasteiger partial charge in [-0.15, -0.1) is 0 Å². The van der Waals surface area contributed by atoms with Gasteiger partial charge in [0.1, 0.15) is 22.1 Å². The molecule has 124 valence electrons. The molecule has 0 spiro atoms. The molecule has 2 aromatic heterocycles. The van der Waals surface area contributed by atoms with Gasteiger partial charge < -0.3 is 14.5 Å². The lowest BCUT2D eigenvalue weighted by Gasteiger charge is -2.10. The van der Waals surface area contributed by atoms with Crippen LogP contribution in [0.5, 0.6) is 5.75 Å². The molecule has 2 aromatic carbocycles. The number of nitrogens with one attached hydrogen (secondary N) is 1. The summed E-state index contributed by atoms with van der Waals surface area (Å²) in [4.78, 5) is 16.3. The van der Waals surface area contributed by atoms with Gasteiger partial charge in [0, 0.05) is 23.0 Å². The third-order valence-electron chi connectivity index (χ3n) is 3.94. The highest BCUT2D eigenvalue weighted by atomic mass is 35.5. The van der Waals surface area contributed by atoms with Gasteiger partial charge in [-0.1, -0.05) is 29.8 Å². The third-order valence-corrected chi connectivity index (χ3v) is 4.16. The zero-order valence-corrected chi connectivity index (χ0v) is 14.0. The summed E-state index contributed by atoms with van der Waals surface area (Å²) in [5.74, 6) is 0.243. The van der Waals surface area contributed by atoms with E-state index < -0.39 is 0 Å². The molecule has 4 rings (SSSR count). The van der Waals surface area contributed by atoms with E-state index in [4.69, 9.17) is 20.8 Å². The number of carbonyl (C=O) groups excluding carboxylic acids is 1.